The predicted octanol–water partition coefficient (Wildman–Crippen LogP) is 4.63. The molecule has 3 rings (SSSR count). The second kappa shape index (κ2) is 11.0. The Balaban J connectivity index is 2.00. The third kappa shape index (κ3) is 6.00. The minimum Gasteiger partial charge on any atom is -0.490 e. The molecule has 5 nitrogen and oxygen atoms in total. The van der Waals surface area contributed by atoms with Gasteiger partial charge < -0.3 is 15.0 Å². The van der Waals surface area contributed by atoms with Crippen molar-refractivity contribution in [2.24, 2.45) is 5.92 Å². The SMILES string of the molecule is CC(C)[C@@H]1C/C=C/C[C@H](C)Oc2ccccc2C(=O)N(C)[C@@H](Cc2ccccc2)C(=O)N1. The Bertz CT molecular complexity index is 939. The van der Waals surface area contributed by atoms with Crippen molar-refractivity contribution < 1.29 is 14.3 Å². The van der Waals surface area contributed by atoms with E-state index in [2.05, 4.69) is 31.3 Å². The van der Waals surface area contributed by atoms with Gasteiger partial charge in [0.05, 0.1) is 11.7 Å². The number of para-hydroxylation sites is 1. The normalized spacial score (nSPS) is 23.7. The number of hydrogen-bond donors (Lipinski definition) is 1. The van der Waals surface area contributed by atoms with E-state index in [1.165, 1.54) is 0 Å². The minimum atomic E-state index is -0.636. The zero-order chi connectivity index (χ0) is 23.1. The summed E-state index contributed by atoms with van der Waals surface area (Å²) in [6, 6.07) is 16.4. The van der Waals surface area contributed by atoms with Crippen LogP contribution in [0.25, 0.3) is 0 Å². The maximum Gasteiger partial charge on any atom is 0.258 e. The molecule has 0 radical (unpaired) electrons. The number of nitrogens with zero attached hydrogens (tertiary/aromatic N) is 1. The molecule has 170 valence electrons. The van der Waals surface area contributed by atoms with Crippen LogP contribution in [0.4, 0.5) is 0 Å². The largest absolute Gasteiger partial charge is 0.490 e. The summed E-state index contributed by atoms with van der Waals surface area (Å²) in [5.41, 5.74) is 1.47. The van der Waals surface area contributed by atoms with E-state index >= 15 is 0 Å². The highest BCUT2D eigenvalue weighted by molar-refractivity contribution is 5.99. The molecule has 0 aromatic heterocycles. The van der Waals surface area contributed by atoms with Gasteiger partial charge in [0.1, 0.15) is 11.8 Å². The fraction of sp³-hybridized carbons (Fsp3) is 0.407. The molecule has 0 saturated carbocycles. The highest BCUT2D eigenvalue weighted by Gasteiger charge is 2.31. The summed E-state index contributed by atoms with van der Waals surface area (Å²) in [4.78, 5) is 28.5. The van der Waals surface area contributed by atoms with Gasteiger partial charge in [0, 0.05) is 25.9 Å². The van der Waals surface area contributed by atoms with Gasteiger partial charge in [-0.25, -0.2) is 0 Å². The molecule has 5 heteroatoms. The molecular weight excluding hydrogens is 400 g/mol. The maximum absolute atomic E-state index is 13.5. The van der Waals surface area contributed by atoms with Crippen molar-refractivity contribution in [3.63, 3.8) is 0 Å². The zero-order valence-electron chi connectivity index (χ0n) is 19.5. The first-order chi connectivity index (χ1) is 15.4. The first-order valence-corrected chi connectivity index (χ1v) is 11.4. The molecule has 0 saturated heterocycles. The van der Waals surface area contributed by atoms with E-state index in [1.54, 1.807) is 18.0 Å². The number of benzene rings is 2. The summed E-state index contributed by atoms with van der Waals surface area (Å²) in [5.74, 6) is 0.448. The molecule has 0 spiro atoms. The van der Waals surface area contributed by atoms with E-state index in [4.69, 9.17) is 4.74 Å². The lowest BCUT2D eigenvalue weighted by atomic mass is 9.98. The summed E-state index contributed by atoms with van der Waals surface area (Å²) in [5, 5.41) is 3.21. The van der Waals surface area contributed by atoms with Crippen LogP contribution in [-0.2, 0) is 11.2 Å². The molecule has 0 fully saturated rings. The molecule has 3 atom stereocenters. The third-order valence-electron chi connectivity index (χ3n) is 5.97. The van der Waals surface area contributed by atoms with E-state index in [0.717, 1.165) is 18.4 Å². The number of rotatable bonds is 3. The highest BCUT2D eigenvalue weighted by atomic mass is 16.5. The number of carbonyl (C=O) groups is 2. The molecular formula is C27H34N2O3. The second-order valence-corrected chi connectivity index (χ2v) is 8.85. The van der Waals surface area contributed by atoms with Crippen molar-refractivity contribution in [1.29, 1.82) is 0 Å². The monoisotopic (exact) mass is 434 g/mol. The quantitative estimate of drug-likeness (QED) is 0.717. The van der Waals surface area contributed by atoms with Gasteiger partial charge in [-0.1, -0.05) is 68.5 Å². The van der Waals surface area contributed by atoms with E-state index < -0.39 is 6.04 Å². The van der Waals surface area contributed by atoms with Crippen LogP contribution in [0.5, 0.6) is 5.75 Å². The molecule has 0 bridgehead atoms. The standard InChI is InChI=1S/C27H34N2O3/c1-19(2)23-16-10-8-12-20(3)32-25-17-11-9-15-22(25)27(31)29(4)24(26(30)28-23)18-21-13-6-5-7-14-21/h5-11,13-15,17,19-20,23-24H,12,16,18H2,1-4H3,(H,28,30)/b10-8+/t20-,23-,24-/m0/s1. The molecule has 0 aliphatic carbocycles. The van der Waals surface area contributed by atoms with Gasteiger partial charge in [0.2, 0.25) is 5.91 Å². The van der Waals surface area contributed by atoms with Crippen molar-refractivity contribution in [3.8, 4) is 5.75 Å². The fourth-order valence-electron chi connectivity index (χ4n) is 3.89. The lowest BCUT2D eigenvalue weighted by molar-refractivity contribution is -0.126. The molecule has 2 amide bonds. The molecule has 2 aromatic carbocycles. The Labute approximate surface area is 191 Å². The van der Waals surface area contributed by atoms with Crippen LogP contribution in [0.1, 0.15) is 49.5 Å². The third-order valence-corrected chi connectivity index (χ3v) is 5.97. The van der Waals surface area contributed by atoms with Crippen molar-refractivity contribution in [2.45, 2.75) is 58.2 Å². The van der Waals surface area contributed by atoms with Gasteiger partial charge in [-0.05, 0) is 37.0 Å². The van der Waals surface area contributed by atoms with Gasteiger partial charge >= 0.3 is 0 Å². The Morgan fingerprint density at radius 3 is 2.38 bits per heavy atom. The number of ether oxygens (including phenoxy) is 1. The van der Waals surface area contributed by atoms with E-state index in [1.807, 2.05) is 55.5 Å². The van der Waals surface area contributed by atoms with Gasteiger partial charge in [-0.3, -0.25) is 9.59 Å². The minimum absolute atomic E-state index is 0.00743. The van der Waals surface area contributed by atoms with Crippen molar-refractivity contribution in [3.05, 3.63) is 77.9 Å². The lowest BCUT2D eigenvalue weighted by Gasteiger charge is -2.31. The molecule has 2 aromatic rings. The van der Waals surface area contributed by atoms with Crippen LogP contribution < -0.4 is 10.1 Å². The molecule has 32 heavy (non-hydrogen) atoms. The van der Waals surface area contributed by atoms with Crippen LogP contribution in [-0.4, -0.2) is 41.9 Å². The van der Waals surface area contributed by atoms with E-state index in [0.29, 0.717) is 17.7 Å². The van der Waals surface area contributed by atoms with Gasteiger partial charge in [0.25, 0.3) is 5.91 Å². The lowest BCUT2D eigenvalue weighted by Crippen LogP contribution is -2.52. The van der Waals surface area contributed by atoms with E-state index in [-0.39, 0.29) is 29.9 Å². The van der Waals surface area contributed by atoms with Gasteiger partial charge in [0.15, 0.2) is 0 Å². The summed E-state index contributed by atoms with van der Waals surface area (Å²) < 4.78 is 6.11. The van der Waals surface area contributed by atoms with Crippen molar-refractivity contribution in [2.75, 3.05) is 7.05 Å². The smallest absolute Gasteiger partial charge is 0.258 e. The topological polar surface area (TPSA) is 58.6 Å². The number of hydrogen-bond acceptors (Lipinski definition) is 3. The molecule has 1 N–H and O–H groups in total. The average Bonchev–Trinajstić information content (AvgIpc) is 2.78. The van der Waals surface area contributed by atoms with Crippen molar-refractivity contribution >= 4 is 11.8 Å². The Kier molecular flexibility index (Phi) is 8.09. The van der Waals surface area contributed by atoms with Gasteiger partial charge in [-0.15, -0.1) is 0 Å². The van der Waals surface area contributed by atoms with E-state index in [9.17, 15) is 9.59 Å². The molecule has 1 aliphatic heterocycles. The molecule has 0 unspecified atom stereocenters. The van der Waals surface area contributed by atoms with Crippen LogP contribution in [0.3, 0.4) is 0 Å². The predicted molar refractivity (Wildman–Crippen MR) is 128 cm³/mol. The first kappa shape index (κ1) is 23.6. The van der Waals surface area contributed by atoms with Crippen LogP contribution in [0, 0.1) is 5.92 Å². The average molecular weight is 435 g/mol. The zero-order valence-corrected chi connectivity index (χ0v) is 19.5. The summed E-state index contributed by atoms with van der Waals surface area (Å²) in [6.45, 7) is 6.21. The number of likely N-dealkylation sites (N-methyl/N-ethyl adjacent to an activating group) is 1. The van der Waals surface area contributed by atoms with Crippen LogP contribution in [0.2, 0.25) is 0 Å². The molecule has 1 aliphatic rings. The number of amides is 2. The van der Waals surface area contributed by atoms with Crippen molar-refractivity contribution in [1.82, 2.24) is 10.2 Å². The Hall–Kier alpha value is -3.08. The number of fused-ring (bicyclic) bond motifs is 1. The molecule has 1 heterocycles. The Morgan fingerprint density at radius 2 is 1.66 bits per heavy atom. The van der Waals surface area contributed by atoms with Crippen LogP contribution >= 0.6 is 0 Å². The Morgan fingerprint density at radius 1 is 1.00 bits per heavy atom. The number of nitrogens with one attached hydrogen (secondary N) is 1. The summed E-state index contributed by atoms with van der Waals surface area (Å²) in [7, 11) is 1.70. The highest BCUT2D eigenvalue weighted by Crippen LogP contribution is 2.24. The van der Waals surface area contributed by atoms with Crippen LogP contribution in [0.15, 0.2) is 66.7 Å². The first-order valence-electron chi connectivity index (χ1n) is 11.4. The van der Waals surface area contributed by atoms with Gasteiger partial charge in [-0.2, -0.15) is 0 Å². The number of carbonyl (C=O) groups excluding carboxylic acids is 2. The summed E-state index contributed by atoms with van der Waals surface area (Å²) in [6.07, 6.45) is 6.05. The fourth-order valence-corrected chi connectivity index (χ4v) is 3.89. The maximum atomic E-state index is 13.5. The summed E-state index contributed by atoms with van der Waals surface area (Å²) >= 11 is 0. The second-order valence-electron chi connectivity index (χ2n) is 8.85.